The van der Waals surface area contributed by atoms with Crippen LogP contribution >= 0.6 is 0 Å². The number of benzene rings is 2. The summed E-state index contributed by atoms with van der Waals surface area (Å²) in [5, 5.41) is 6.58. The van der Waals surface area contributed by atoms with Crippen molar-refractivity contribution in [2.75, 3.05) is 26.8 Å². The minimum atomic E-state index is 0.613. The highest BCUT2D eigenvalue weighted by molar-refractivity contribution is 5.79. The summed E-state index contributed by atoms with van der Waals surface area (Å²) in [7, 11) is 1.72. The number of hydrogen-bond acceptors (Lipinski definition) is 3. The fourth-order valence-corrected chi connectivity index (χ4v) is 2.54. The van der Waals surface area contributed by atoms with E-state index in [1.807, 2.05) is 18.2 Å². The SMILES string of the molecule is CCNC(=NCc1ccc(COCc2ccccc2)cc1)NCCCOC. The molecule has 0 aliphatic rings. The van der Waals surface area contributed by atoms with Crippen molar-refractivity contribution in [2.24, 2.45) is 4.99 Å². The summed E-state index contributed by atoms with van der Waals surface area (Å²) >= 11 is 0. The van der Waals surface area contributed by atoms with Gasteiger partial charge in [0.2, 0.25) is 0 Å². The summed E-state index contributed by atoms with van der Waals surface area (Å²) < 4.78 is 10.8. The van der Waals surface area contributed by atoms with Crippen LogP contribution < -0.4 is 10.6 Å². The number of hydrogen-bond donors (Lipinski definition) is 2. The molecular formula is C22H31N3O2. The summed E-state index contributed by atoms with van der Waals surface area (Å²) in [6, 6.07) is 18.7. The van der Waals surface area contributed by atoms with Crippen molar-refractivity contribution in [3.8, 4) is 0 Å². The number of nitrogens with zero attached hydrogens (tertiary/aromatic N) is 1. The molecule has 0 amide bonds. The van der Waals surface area contributed by atoms with Gasteiger partial charge in [0, 0.05) is 26.8 Å². The van der Waals surface area contributed by atoms with Crippen molar-refractivity contribution in [1.82, 2.24) is 10.6 Å². The van der Waals surface area contributed by atoms with Crippen LogP contribution in [0.3, 0.4) is 0 Å². The second kappa shape index (κ2) is 12.9. The van der Waals surface area contributed by atoms with E-state index in [9.17, 15) is 0 Å². The predicted octanol–water partition coefficient (Wildman–Crippen LogP) is 3.50. The Kier molecular flexibility index (Phi) is 10.0. The number of ether oxygens (including phenoxy) is 2. The lowest BCUT2D eigenvalue weighted by Gasteiger charge is -2.11. The maximum Gasteiger partial charge on any atom is 0.191 e. The highest BCUT2D eigenvalue weighted by atomic mass is 16.5. The quantitative estimate of drug-likeness (QED) is 0.362. The Morgan fingerprint density at radius 1 is 0.889 bits per heavy atom. The molecule has 2 aromatic rings. The van der Waals surface area contributed by atoms with Gasteiger partial charge in [0.25, 0.3) is 0 Å². The Balaban J connectivity index is 1.77. The average Bonchev–Trinajstić information content (AvgIpc) is 2.71. The van der Waals surface area contributed by atoms with E-state index in [-0.39, 0.29) is 0 Å². The van der Waals surface area contributed by atoms with E-state index in [0.717, 1.165) is 32.1 Å². The first-order chi connectivity index (χ1) is 13.3. The highest BCUT2D eigenvalue weighted by Gasteiger charge is 1.99. The largest absolute Gasteiger partial charge is 0.385 e. The van der Waals surface area contributed by atoms with Gasteiger partial charge >= 0.3 is 0 Å². The van der Waals surface area contributed by atoms with Gasteiger partial charge < -0.3 is 20.1 Å². The summed E-state index contributed by atoms with van der Waals surface area (Å²) in [4.78, 5) is 4.64. The lowest BCUT2D eigenvalue weighted by molar-refractivity contribution is 0.107. The zero-order valence-electron chi connectivity index (χ0n) is 16.4. The molecule has 2 rings (SSSR count). The number of rotatable bonds is 11. The van der Waals surface area contributed by atoms with Crippen LogP contribution in [0.2, 0.25) is 0 Å². The minimum Gasteiger partial charge on any atom is -0.385 e. The van der Waals surface area contributed by atoms with E-state index in [0.29, 0.717) is 19.8 Å². The van der Waals surface area contributed by atoms with Gasteiger partial charge in [-0.3, -0.25) is 0 Å². The van der Waals surface area contributed by atoms with Crippen LogP contribution in [-0.4, -0.2) is 32.8 Å². The van der Waals surface area contributed by atoms with Gasteiger partial charge in [0.05, 0.1) is 19.8 Å². The third-order valence-corrected chi connectivity index (χ3v) is 3.98. The predicted molar refractivity (Wildman–Crippen MR) is 111 cm³/mol. The molecule has 0 saturated carbocycles. The number of methoxy groups -OCH3 is 1. The first-order valence-corrected chi connectivity index (χ1v) is 9.52. The lowest BCUT2D eigenvalue weighted by Crippen LogP contribution is -2.38. The molecule has 5 nitrogen and oxygen atoms in total. The van der Waals surface area contributed by atoms with Gasteiger partial charge in [0.1, 0.15) is 0 Å². The van der Waals surface area contributed by atoms with Crippen molar-refractivity contribution in [2.45, 2.75) is 33.1 Å². The summed E-state index contributed by atoms with van der Waals surface area (Å²) in [5.41, 5.74) is 3.54. The highest BCUT2D eigenvalue weighted by Crippen LogP contribution is 2.09. The van der Waals surface area contributed by atoms with Gasteiger partial charge in [-0.2, -0.15) is 0 Å². The molecule has 0 bridgehead atoms. The molecule has 0 heterocycles. The van der Waals surface area contributed by atoms with E-state index in [2.05, 4.69) is 58.9 Å². The van der Waals surface area contributed by atoms with Gasteiger partial charge in [-0.1, -0.05) is 54.6 Å². The van der Waals surface area contributed by atoms with Gasteiger partial charge in [0.15, 0.2) is 5.96 Å². The molecule has 0 aromatic heterocycles. The number of nitrogens with one attached hydrogen (secondary N) is 2. The second-order valence-corrected chi connectivity index (χ2v) is 6.26. The van der Waals surface area contributed by atoms with Crippen molar-refractivity contribution in [3.63, 3.8) is 0 Å². The minimum absolute atomic E-state index is 0.613. The summed E-state index contributed by atoms with van der Waals surface area (Å²) in [5.74, 6) is 0.837. The first-order valence-electron chi connectivity index (χ1n) is 9.52. The lowest BCUT2D eigenvalue weighted by atomic mass is 10.1. The molecule has 0 aliphatic carbocycles. The topological polar surface area (TPSA) is 54.9 Å². The Hall–Kier alpha value is -2.37. The number of aliphatic imine (C=N–C) groups is 1. The molecule has 0 radical (unpaired) electrons. The van der Waals surface area contributed by atoms with Crippen LogP contribution in [0.5, 0.6) is 0 Å². The van der Waals surface area contributed by atoms with Crippen molar-refractivity contribution >= 4 is 5.96 Å². The van der Waals surface area contributed by atoms with Gasteiger partial charge in [-0.15, -0.1) is 0 Å². The van der Waals surface area contributed by atoms with E-state index >= 15 is 0 Å². The molecule has 2 N–H and O–H groups in total. The van der Waals surface area contributed by atoms with Crippen LogP contribution in [0.15, 0.2) is 59.6 Å². The fraction of sp³-hybridized carbons (Fsp3) is 0.409. The van der Waals surface area contributed by atoms with Crippen LogP contribution in [-0.2, 0) is 29.2 Å². The molecule has 0 spiro atoms. The van der Waals surface area contributed by atoms with Crippen LogP contribution in [0, 0.1) is 0 Å². The third kappa shape index (κ3) is 8.71. The molecule has 0 unspecified atom stereocenters. The van der Waals surface area contributed by atoms with E-state index in [1.54, 1.807) is 7.11 Å². The van der Waals surface area contributed by atoms with Crippen molar-refractivity contribution in [3.05, 3.63) is 71.3 Å². The Morgan fingerprint density at radius 2 is 1.56 bits per heavy atom. The standard InChI is InChI=1S/C22H31N3O2/c1-3-23-22(24-14-7-15-26-2)25-16-19-10-12-21(13-11-19)18-27-17-20-8-5-4-6-9-20/h4-6,8-13H,3,7,14-18H2,1-2H3,(H2,23,24,25). The molecular weight excluding hydrogens is 338 g/mol. The van der Waals surface area contributed by atoms with E-state index < -0.39 is 0 Å². The molecule has 27 heavy (non-hydrogen) atoms. The Morgan fingerprint density at radius 3 is 2.22 bits per heavy atom. The first kappa shape index (κ1) is 20.9. The zero-order valence-corrected chi connectivity index (χ0v) is 16.4. The van der Waals surface area contributed by atoms with Crippen molar-refractivity contribution < 1.29 is 9.47 Å². The van der Waals surface area contributed by atoms with E-state index in [1.165, 1.54) is 16.7 Å². The molecule has 2 aromatic carbocycles. The number of guanidine groups is 1. The molecule has 146 valence electrons. The summed E-state index contributed by atoms with van der Waals surface area (Å²) in [6.45, 7) is 6.39. The van der Waals surface area contributed by atoms with Gasteiger partial charge in [-0.05, 0) is 30.0 Å². The normalized spacial score (nSPS) is 11.4. The molecule has 5 heteroatoms. The zero-order chi connectivity index (χ0) is 19.2. The summed E-state index contributed by atoms with van der Waals surface area (Å²) in [6.07, 6.45) is 0.957. The van der Waals surface area contributed by atoms with Gasteiger partial charge in [-0.25, -0.2) is 4.99 Å². The Labute approximate surface area is 162 Å². The van der Waals surface area contributed by atoms with Crippen LogP contribution in [0.25, 0.3) is 0 Å². The van der Waals surface area contributed by atoms with Crippen LogP contribution in [0.1, 0.15) is 30.0 Å². The fourth-order valence-electron chi connectivity index (χ4n) is 2.54. The third-order valence-electron chi connectivity index (χ3n) is 3.98. The monoisotopic (exact) mass is 369 g/mol. The second-order valence-electron chi connectivity index (χ2n) is 6.26. The smallest absolute Gasteiger partial charge is 0.191 e. The van der Waals surface area contributed by atoms with Crippen molar-refractivity contribution in [1.29, 1.82) is 0 Å². The maximum atomic E-state index is 5.78. The van der Waals surface area contributed by atoms with E-state index in [4.69, 9.17) is 9.47 Å². The molecule has 0 fully saturated rings. The Bertz CT molecular complexity index is 657. The average molecular weight is 370 g/mol. The molecule has 0 aliphatic heterocycles. The van der Waals surface area contributed by atoms with Crippen LogP contribution in [0.4, 0.5) is 0 Å². The maximum absolute atomic E-state index is 5.78. The molecule has 0 saturated heterocycles. The molecule has 0 atom stereocenters.